The van der Waals surface area contributed by atoms with Crippen LogP contribution in [-0.4, -0.2) is 37.3 Å². The van der Waals surface area contributed by atoms with E-state index in [9.17, 15) is 9.59 Å². The first-order chi connectivity index (χ1) is 8.11. The molecule has 0 aromatic heterocycles. The Bertz CT molecular complexity index is 450. The molecule has 0 N–H and O–H groups in total. The fourth-order valence-corrected chi connectivity index (χ4v) is 1.50. The number of rotatable bonds is 4. The van der Waals surface area contributed by atoms with Gasteiger partial charge in [-0.25, -0.2) is 0 Å². The van der Waals surface area contributed by atoms with E-state index in [1.54, 1.807) is 32.3 Å². The van der Waals surface area contributed by atoms with Gasteiger partial charge in [0.1, 0.15) is 5.75 Å². The fourth-order valence-electron chi connectivity index (χ4n) is 1.50. The van der Waals surface area contributed by atoms with Gasteiger partial charge in [-0.15, -0.1) is 0 Å². The summed E-state index contributed by atoms with van der Waals surface area (Å²) in [6, 6.07) is 4.96. The minimum absolute atomic E-state index is 0.119. The van der Waals surface area contributed by atoms with E-state index in [-0.39, 0.29) is 12.0 Å². The van der Waals surface area contributed by atoms with Crippen LogP contribution in [0.2, 0.25) is 0 Å². The molecule has 0 atom stereocenters. The van der Waals surface area contributed by atoms with Gasteiger partial charge >= 0.3 is 0 Å². The predicted octanol–water partition coefficient (Wildman–Crippen LogP) is 1.74. The van der Waals surface area contributed by atoms with Gasteiger partial charge in [0.2, 0.25) is 0 Å². The number of hydrogen-bond donors (Lipinski definition) is 0. The predicted molar refractivity (Wildman–Crippen MR) is 63.5 cm³/mol. The molecule has 0 bridgehead atoms. The van der Waals surface area contributed by atoms with Crippen molar-refractivity contribution >= 4 is 12.2 Å². The Morgan fingerprint density at radius 2 is 2.12 bits per heavy atom. The van der Waals surface area contributed by atoms with Crippen LogP contribution in [-0.2, 0) is 0 Å². The van der Waals surface area contributed by atoms with Crippen LogP contribution < -0.4 is 4.74 Å². The van der Waals surface area contributed by atoms with Crippen LogP contribution in [0.25, 0.3) is 0 Å². The highest BCUT2D eigenvalue weighted by molar-refractivity contribution is 5.96. The van der Waals surface area contributed by atoms with Crippen molar-refractivity contribution in [2.24, 2.45) is 0 Å². The molecule has 0 spiro atoms. The second kappa shape index (κ2) is 4.57. The lowest BCUT2D eigenvalue weighted by Crippen LogP contribution is -2.21. The third kappa shape index (κ3) is 2.64. The molecule has 1 amide bonds. The molecule has 0 aliphatic heterocycles. The highest BCUT2D eigenvalue weighted by atomic mass is 16.5. The Kier molecular flexibility index (Phi) is 3.13. The molecule has 4 nitrogen and oxygen atoms in total. The largest absolute Gasteiger partial charge is 0.490 e. The quantitative estimate of drug-likeness (QED) is 0.744. The summed E-state index contributed by atoms with van der Waals surface area (Å²) in [5.74, 6) is 0.448. The van der Waals surface area contributed by atoms with Gasteiger partial charge in [0.05, 0.1) is 11.7 Å². The number of ether oxygens (including phenoxy) is 1. The summed E-state index contributed by atoms with van der Waals surface area (Å²) in [4.78, 5) is 24.2. The van der Waals surface area contributed by atoms with E-state index >= 15 is 0 Å². The van der Waals surface area contributed by atoms with Gasteiger partial charge in [0.15, 0.2) is 6.29 Å². The number of hydrogen-bond acceptors (Lipinski definition) is 3. The summed E-state index contributed by atoms with van der Waals surface area (Å²) in [5.41, 5.74) is 0.935. The third-order valence-electron chi connectivity index (χ3n) is 2.61. The van der Waals surface area contributed by atoms with E-state index in [0.717, 1.165) is 19.1 Å². The van der Waals surface area contributed by atoms with Crippen molar-refractivity contribution in [3.63, 3.8) is 0 Å². The zero-order valence-corrected chi connectivity index (χ0v) is 9.97. The van der Waals surface area contributed by atoms with Gasteiger partial charge in [-0.1, -0.05) is 0 Å². The Morgan fingerprint density at radius 1 is 1.41 bits per heavy atom. The van der Waals surface area contributed by atoms with E-state index in [1.165, 1.54) is 4.90 Å². The minimum Gasteiger partial charge on any atom is -0.490 e. The van der Waals surface area contributed by atoms with Gasteiger partial charge in [0.25, 0.3) is 5.91 Å². The van der Waals surface area contributed by atoms with E-state index < -0.39 is 0 Å². The first-order valence-electron chi connectivity index (χ1n) is 5.59. The van der Waals surface area contributed by atoms with Crippen molar-refractivity contribution in [2.75, 3.05) is 14.1 Å². The lowest BCUT2D eigenvalue weighted by molar-refractivity contribution is 0.0827. The summed E-state index contributed by atoms with van der Waals surface area (Å²) in [6.07, 6.45) is 3.04. The van der Waals surface area contributed by atoms with E-state index in [4.69, 9.17) is 4.74 Å². The summed E-state index contributed by atoms with van der Waals surface area (Å²) in [6.45, 7) is 0. The molecule has 0 radical (unpaired) electrons. The highest BCUT2D eigenvalue weighted by Gasteiger charge is 2.24. The number of nitrogens with zero attached hydrogens (tertiary/aromatic N) is 1. The van der Waals surface area contributed by atoms with E-state index in [1.807, 2.05) is 0 Å². The summed E-state index contributed by atoms with van der Waals surface area (Å²) in [5, 5.41) is 0. The van der Waals surface area contributed by atoms with Crippen LogP contribution in [0.3, 0.4) is 0 Å². The molecule has 0 unspecified atom stereocenters. The van der Waals surface area contributed by atoms with E-state index in [2.05, 4.69) is 0 Å². The molecule has 1 aliphatic carbocycles. The Hall–Kier alpha value is -1.84. The van der Waals surface area contributed by atoms with Gasteiger partial charge in [-0.3, -0.25) is 9.59 Å². The smallest absolute Gasteiger partial charge is 0.253 e. The summed E-state index contributed by atoms with van der Waals surface area (Å²) >= 11 is 0. The molecule has 1 aromatic rings. The van der Waals surface area contributed by atoms with Crippen LogP contribution in [0.4, 0.5) is 0 Å². The molecule has 2 rings (SSSR count). The Morgan fingerprint density at radius 3 is 2.65 bits per heavy atom. The zero-order valence-electron chi connectivity index (χ0n) is 9.97. The number of carbonyl (C=O) groups excluding carboxylic acids is 2. The molecular weight excluding hydrogens is 218 g/mol. The topological polar surface area (TPSA) is 46.6 Å². The monoisotopic (exact) mass is 233 g/mol. The van der Waals surface area contributed by atoms with Crippen LogP contribution in [0, 0.1) is 0 Å². The van der Waals surface area contributed by atoms with Gasteiger partial charge in [-0.05, 0) is 31.0 Å². The van der Waals surface area contributed by atoms with Crippen molar-refractivity contribution < 1.29 is 14.3 Å². The van der Waals surface area contributed by atoms with Crippen LogP contribution >= 0.6 is 0 Å². The number of amides is 1. The van der Waals surface area contributed by atoms with Crippen LogP contribution in [0.15, 0.2) is 18.2 Å². The average molecular weight is 233 g/mol. The molecule has 1 aliphatic rings. The highest BCUT2D eigenvalue weighted by Crippen LogP contribution is 2.29. The summed E-state index contributed by atoms with van der Waals surface area (Å²) in [7, 11) is 3.36. The Labute approximate surface area is 100 Å². The molecule has 4 heteroatoms. The second-order valence-electron chi connectivity index (χ2n) is 4.39. The van der Waals surface area contributed by atoms with Crippen molar-refractivity contribution in [2.45, 2.75) is 18.9 Å². The maximum absolute atomic E-state index is 11.7. The number of carbonyl (C=O) groups is 2. The van der Waals surface area contributed by atoms with Crippen LogP contribution in [0.5, 0.6) is 5.75 Å². The molecule has 1 saturated carbocycles. The standard InChI is InChI=1S/C13H15NO3/c1-14(2)13(16)9-3-6-12(10(7-9)8-15)17-11-4-5-11/h3,6-8,11H,4-5H2,1-2H3. The van der Waals surface area contributed by atoms with E-state index in [0.29, 0.717) is 16.9 Å². The fraction of sp³-hybridized carbons (Fsp3) is 0.385. The van der Waals surface area contributed by atoms with Crippen LogP contribution in [0.1, 0.15) is 33.6 Å². The molecule has 1 aromatic carbocycles. The molecule has 0 heterocycles. The average Bonchev–Trinajstić information content (AvgIpc) is 3.12. The van der Waals surface area contributed by atoms with Crippen molar-refractivity contribution in [1.82, 2.24) is 4.90 Å². The molecule has 0 saturated heterocycles. The molecule has 90 valence electrons. The number of aldehydes is 1. The number of benzene rings is 1. The third-order valence-corrected chi connectivity index (χ3v) is 2.61. The maximum Gasteiger partial charge on any atom is 0.253 e. The molecule has 1 fully saturated rings. The van der Waals surface area contributed by atoms with Crippen molar-refractivity contribution in [3.05, 3.63) is 29.3 Å². The van der Waals surface area contributed by atoms with Crippen molar-refractivity contribution in [1.29, 1.82) is 0 Å². The zero-order chi connectivity index (χ0) is 12.4. The molecular formula is C13H15NO3. The van der Waals surface area contributed by atoms with Gasteiger partial charge in [-0.2, -0.15) is 0 Å². The SMILES string of the molecule is CN(C)C(=O)c1ccc(OC2CC2)c(C=O)c1. The first kappa shape index (κ1) is 11.6. The lowest BCUT2D eigenvalue weighted by Gasteiger charge is -2.12. The first-order valence-corrected chi connectivity index (χ1v) is 5.59. The Balaban J connectivity index is 2.26. The van der Waals surface area contributed by atoms with Gasteiger partial charge in [0, 0.05) is 19.7 Å². The minimum atomic E-state index is -0.119. The normalized spacial score (nSPS) is 14.2. The van der Waals surface area contributed by atoms with Crippen molar-refractivity contribution in [3.8, 4) is 5.75 Å². The van der Waals surface area contributed by atoms with Gasteiger partial charge < -0.3 is 9.64 Å². The second-order valence-corrected chi connectivity index (χ2v) is 4.39. The maximum atomic E-state index is 11.7. The molecule has 17 heavy (non-hydrogen) atoms. The lowest BCUT2D eigenvalue weighted by atomic mass is 10.1. The summed E-state index contributed by atoms with van der Waals surface area (Å²) < 4.78 is 5.59.